The van der Waals surface area contributed by atoms with Crippen LogP contribution in [0.15, 0.2) is 72.4 Å². The molecule has 0 unspecified atom stereocenters. The van der Waals surface area contributed by atoms with Crippen molar-refractivity contribution in [3.8, 4) is 0 Å². The van der Waals surface area contributed by atoms with Crippen molar-refractivity contribution < 1.29 is 22.8 Å². The zero-order valence-electron chi connectivity index (χ0n) is 15.8. The van der Waals surface area contributed by atoms with Gasteiger partial charge in [-0.15, -0.1) is 0 Å². The number of rotatable bonds is 5. The first kappa shape index (κ1) is 20.7. The number of nitrogens with zero attached hydrogens (tertiary/aromatic N) is 1. The molecule has 0 saturated carbocycles. The van der Waals surface area contributed by atoms with Gasteiger partial charge in [0.25, 0.3) is 11.8 Å². The normalized spacial score (nSPS) is 13.9. The van der Waals surface area contributed by atoms with E-state index in [1.54, 1.807) is 30.3 Å². The molecule has 0 saturated heterocycles. The van der Waals surface area contributed by atoms with Gasteiger partial charge in [-0.2, -0.15) is 0 Å². The predicted octanol–water partition coefficient (Wildman–Crippen LogP) is 5.15. The lowest BCUT2D eigenvalue weighted by molar-refractivity contribution is -0.137. The van der Waals surface area contributed by atoms with Gasteiger partial charge in [-0.1, -0.05) is 41.9 Å². The maximum atomic E-state index is 14.1. The van der Waals surface area contributed by atoms with Crippen molar-refractivity contribution in [3.63, 3.8) is 0 Å². The van der Waals surface area contributed by atoms with E-state index in [9.17, 15) is 22.8 Å². The Bertz CT molecular complexity index is 1230. The van der Waals surface area contributed by atoms with E-state index in [1.807, 2.05) is 0 Å². The summed E-state index contributed by atoms with van der Waals surface area (Å²) >= 11 is 5.92. The molecule has 0 atom stereocenters. The molecule has 0 bridgehead atoms. The summed E-state index contributed by atoms with van der Waals surface area (Å²) in [5.41, 5.74) is 0.518. The minimum Gasteiger partial charge on any atom is -0.350 e. The average molecular weight is 443 g/mol. The monoisotopic (exact) mass is 442 g/mol. The van der Waals surface area contributed by atoms with Crippen LogP contribution in [0.2, 0.25) is 5.02 Å². The Kier molecular flexibility index (Phi) is 5.52. The zero-order chi connectivity index (χ0) is 22.1. The van der Waals surface area contributed by atoms with Crippen LogP contribution >= 0.6 is 11.6 Å². The fourth-order valence-corrected chi connectivity index (χ4v) is 3.36. The summed E-state index contributed by atoms with van der Waals surface area (Å²) in [6.45, 7) is -0.287. The predicted molar refractivity (Wildman–Crippen MR) is 110 cm³/mol. The van der Waals surface area contributed by atoms with E-state index in [0.29, 0.717) is 10.6 Å². The van der Waals surface area contributed by atoms with Crippen molar-refractivity contribution in [2.75, 3.05) is 5.32 Å². The second-order valence-electron chi connectivity index (χ2n) is 6.80. The molecular formula is C23H14ClF3N2O2. The van der Waals surface area contributed by atoms with Crippen molar-refractivity contribution in [2.45, 2.75) is 6.54 Å². The molecule has 1 aliphatic rings. The zero-order valence-corrected chi connectivity index (χ0v) is 16.6. The lowest BCUT2D eigenvalue weighted by Gasteiger charge is -2.16. The second kappa shape index (κ2) is 8.28. The van der Waals surface area contributed by atoms with Crippen LogP contribution in [0.5, 0.6) is 0 Å². The third-order valence-corrected chi connectivity index (χ3v) is 5.03. The highest BCUT2D eigenvalue weighted by Gasteiger charge is 2.39. The number of hydrogen-bond donors (Lipinski definition) is 1. The molecule has 1 aliphatic heterocycles. The summed E-state index contributed by atoms with van der Waals surface area (Å²) in [7, 11) is 0. The molecule has 156 valence electrons. The first-order valence-corrected chi connectivity index (χ1v) is 9.55. The summed E-state index contributed by atoms with van der Waals surface area (Å²) in [6.07, 6.45) is 0. The second-order valence-corrected chi connectivity index (χ2v) is 7.24. The van der Waals surface area contributed by atoms with Gasteiger partial charge in [0.2, 0.25) is 0 Å². The van der Waals surface area contributed by atoms with Crippen molar-refractivity contribution >= 4 is 34.7 Å². The Labute approximate surface area is 180 Å². The van der Waals surface area contributed by atoms with E-state index >= 15 is 0 Å². The first-order valence-electron chi connectivity index (χ1n) is 9.17. The van der Waals surface area contributed by atoms with E-state index in [0.717, 1.165) is 17.0 Å². The largest absolute Gasteiger partial charge is 0.350 e. The van der Waals surface area contributed by atoms with Crippen LogP contribution in [0.25, 0.3) is 5.57 Å². The molecule has 1 heterocycles. The van der Waals surface area contributed by atoms with Gasteiger partial charge >= 0.3 is 0 Å². The molecule has 0 aliphatic carbocycles. The van der Waals surface area contributed by atoms with Crippen LogP contribution in [-0.2, 0) is 16.1 Å². The minimum absolute atomic E-state index is 0.0164. The summed E-state index contributed by atoms with van der Waals surface area (Å²) in [5.74, 6) is -4.09. The van der Waals surface area contributed by atoms with Crippen LogP contribution in [0.1, 0.15) is 11.1 Å². The van der Waals surface area contributed by atoms with Gasteiger partial charge in [-0.25, -0.2) is 13.2 Å². The molecule has 31 heavy (non-hydrogen) atoms. The van der Waals surface area contributed by atoms with E-state index in [2.05, 4.69) is 5.32 Å². The molecule has 8 heteroatoms. The Morgan fingerprint density at radius 1 is 0.806 bits per heavy atom. The Balaban J connectivity index is 1.76. The lowest BCUT2D eigenvalue weighted by Crippen LogP contribution is -2.32. The van der Waals surface area contributed by atoms with Crippen LogP contribution in [0, 0.1) is 17.5 Å². The van der Waals surface area contributed by atoms with Crippen LogP contribution in [-0.4, -0.2) is 16.7 Å². The van der Waals surface area contributed by atoms with Gasteiger partial charge < -0.3 is 5.32 Å². The molecule has 0 aromatic heterocycles. The van der Waals surface area contributed by atoms with Crippen LogP contribution in [0.4, 0.5) is 18.9 Å². The molecule has 0 radical (unpaired) electrons. The summed E-state index contributed by atoms with van der Waals surface area (Å²) in [4.78, 5) is 27.2. The van der Waals surface area contributed by atoms with E-state index in [4.69, 9.17) is 11.6 Å². The molecule has 1 N–H and O–H groups in total. The minimum atomic E-state index is -1.11. The summed E-state index contributed by atoms with van der Waals surface area (Å²) < 4.78 is 41.0. The molecule has 2 amide bonds. The number of benzene rings is 3. The van der Waals surface area contributed by atoms with E-state index in [-0.39, 0.29) is 29.1 Å². The highest BCUT2D eigenvalue weighted by molar-refractivity contribution is 6.36. The van der Waals surface area contributed by atoms with Gasteiger partial charge in [-0.3, -0.25) is 14.5 Å². The molecule has 4 nitrogen and oxygen atoms in total. The van der Waals surface area contributed by atoms with Crippen LogP contribution < -0.4 is 5.32 Å². The van der Waals surface area contributed by atoms with Gasteiger partial charge in [0.1, 0.15) is 11.5 Å². The number of anilines is 1. The van der Waals surface area contributed by atoms with Gasteiger partial charge in [0, 0.05) is 22.3 Å². The molecule has 0 spiro atoms. The highest BCUT2D eigenvalue weighted by atomic mass is 35.5. The molecule has 3 aromatic rings. The van der Waals surface area contributed by atoms with Crippen molar-refractivity contribution in [2.24, 2.45) is 0 Å². The standard InChI is InChI=1S/C23H14ClF3N2O2/c24-15-7-5-13(6-8-15)20-21(28-16-9-10-18(26)19(27)11-16)23(31)29(22(20)30)12-14-3-1-2-4-17(14)25/h1-11,28H,12H2. The first-order chi connectivity index (χ1) is 14.8. The number of amides is 2. The fraction of sp³-hybridized carbons (Fsp3) is 0.0435. The van der Waals surface area contributed by atoms with E-state index < -0.39 is 29.3 Å². The van der Waals surface area contributed by atoms with Crippen molar-refractivity contribution in [1.82, 2.24) is 4.90 Å². The third kappa shape index (κ3) is 4.04. The molecule has 4 rings (SSSR count). The van der Waals surface area contributed by atoms with E-state index in [1.165, 1.54) is 24.3 Å². The van der Waals surface area contributed by atoms with Crippen molar-refractivity contribution in [3.05, 3.63) is 106 Å². The maximum Gasteiger partial charge on any atom is 0.278 e. The number of halogens is 4. The number of imide groups is 1. The molecule has 0 fully saturated rings. The topological polar surface area (TPSA) is 49.4 Å². The maximum absolute atomic E-state index is 14.1. The number of hydrogen-bond acceptors (Lipinski definition) is 3. The number of carbonyl (C=O) groups is 2. The quantitative estimate of drug-likeness (QED) is 0.556. The van der Waals surface area contributed by atoms with Gasteiger partial charge in [-0.05, 0) is 35.9 Å². The SMILES string of the molecule is O=C1C(Nc2ccc(F)c(F)c2)=C(c2ccc(Cl)cc2)C(=O)N1Cc1ccccc1F. The Hall–Kier alpha value is -3.58. The Morgan fingerprint density at radius 2 is 1.52 bits per heavy atom. The van der Waals surface area contributed by atoms with Crippen molar-refractivity contribution in [1.29, 1.82) is 0 Å². The molecule has 3 aromatic carbocycles. The average Bonchev–Trinajstić information content (AvgIpc) is 2.97. The molecular weight excluding hydrogens is 429 g/mol. The Morgan fingerprint density at radius 3 is 2.19 bits per heavy atom. The smallest absolute Gasteiger partial charge is 0.278 e. The number of carbonyl (C=O) groups excluding carboxylic acids is 2. The number of nitrogens with one attached hydrogen (secondary N) is 1. The van der Waals surface area contributed by atoms with Gasteiger partial charge in [0.05, 0.1) is 12.1 Å². The summed E-state index contributed by atoms with van der Waals surface area (Å²) in [5, 5.41) is 3.15. The fourth-order valence-electron chi connectivity index (χ4n) is 3.24. The lowest BCUT2D eigenvalue weighted by atomic mass is 10.0. The third-order valence-electron chi connectivity index (χ3n) is 4.78. The van der Waals surface area contributed by atoms with Gasteiger partial charge in [0.15, 0.2) is 11.6 Å². The van der Waals surface area contributed by atoms with Crippen LogP contribution in [0.3, 0.4) is 0 Å². The summed E-state index contributed by atoms with van der Waals surface area (Å²) in [6, 6.07) is 15.0. The highest BCUT2D eigenvalue weighted by Crippen LogP contribution is 2.32.